The number of anilines is 2. The van der Waals surface area contributed by atoms with Crippen molar-refractivity contribution in [3.05, 3.63) is 89.5 Å². The van der Waals surface area contributed by atoms with Gasteiger partial charge in [0, 0.05) is 34.6 Å². The van der Waals surface area contributed by atoms with E-state index < -0.39 is 24.3 Å². The number of carboxylic acid groups (broad SMARTS) is 1. The van der Waals surface area contributed by atoms with E-state index >= 15 is 0 Å². The Balaban J connectivity index is 0.000000671. The summed E-state index contributed by atoms with van der Waals surface area (Å²) in [6.45, 7) is 1.87. The number of carboxylic acids is 1. The number of rotatable bonds is 4. The van der Waals surface area contributed by atoms with Crippen LogP contribution in [0.25, 0.3) is 16.8 Å². The monoisotopic (exact) mass is 686 g/mol. The summed E-state index contributed by atoms with van der Waals surface area (Å²) in [5.41, 5.74) is 4.41. The normalized spacial score (nSPS) is 16.0. The van der Waals surface area contributed by atoms with Crippen LogP contribution in [0.5, 0.6) is 0 Å². The second-order valence-electron chi connectivity index (χ2n) is 10.6. The van der Waals surface area contributed by atoms with Crippen molar-refractivity contribution in [3.8, 4) is 16.8 Å². The number of pyridine rings is 1. The maximum atomic E-state index is 13.3. The minimum atomic E-state index is -5.08. The highest BCUT2D eigenvalue weighted by Crippen LogP contribution is 2.34. The molecule has 4 aromatic rings. The maximum absolute atomic E-state index is 13.3. The second kappa shape index (κ2) is 15.4. The molecule has 0 saturated heterocycles. The number of aromatic nitrogens is 3. The Morgan fingerprint density at radius 2 is 1.85 bits per heavy atom. The van der Waals surface area contributed by atoms with Crippen LogP contribution < -0.4 is 16.0 Å². The number of nitrogens with one attached hydrogen (secondary N) is 3. The highest BCUT2D eigenvalue weighted by atomic mass is 35.5. The van der Waals surface area contributed by atoms with Crippen molar-refractivity contribution in [2.75, 3.05) is 17.7 Å². The van der Waals surface area contributed by atoms with Gasteiger partial charge < -0.3 is 20.5 Å². The number of amides is 3. The number of halogens is 4. The van der Waals surface area contributed by atoms with E-state index in [0.717, 1.165) is 16.8 Å². The third-order valence-electron chi connectivity index (χ3n) is 7.20. The van der Waals surface area contributed by atoms with Crippen molar-refractivity contribution in [2.24, 2.45) is 5.92 Å². The van der Waals surface area contributed by atoms with Crippen molar-refractivity contribution < 1.29 is 42.2 Å². The number of hydrogen-bond acceptors (Lipinski definition) is 7. The van der Waals surface area contributed by atoms with Crippen LogP contribution in [0.4, 0.5) is 29.3 Å². The summed E-state index contributed by atoms with van der Waals surface area (Å²) >= 11 is 6.11. The largest absolute Gasteiger partial charge is 0.490 e. The Hall–Kier alpha value is -5.44. The summed E-state index contributed by atoms with van der Waals surface area (Å²) in [5, 5.41) is 20.8. The minimum Gasteiger partial charge on any atom is -0.475 e. The first-order valence-electron chi connectivity index (χ1n) is 14.4. The molecule has 5 rings (SSSR count). The molecule has 0 spiro atoms. The number of alkyl halides is 3. The lowest BCUT2D eigenvalue weighted by molar-refractivity contribution is -0.192. The molecule has 2 aromatic carbocycles. The third kappa shape index (κ3) is 9.31. The molecule has 2 atom stereocenters. The molecular weight excluding hydrogens is 657 g/mol. The lowest BCUT2D eigenvalue weighted by Crippen LogP contribution is -2.29. The first-order valence-corrected chi connectivity index (χ1v) is 14.8. The fraction of sp³-hybridized carbons (Fsp3) is 0.250. The topological polar surface area (TPSA) is 165 Å². The number of aliphatic carboxylic acids is 1. The molecule has 2 bridgehead atoms. The molecule has 3 amide bonds. The van der Waals surface area contributed by atoms with Crippen molar-refractivity contribution in [1.29, 1.82) is 0 Å². The fourth-order valence-electron chi connectivity index (χ4n) is 4.70. The van der Waals surface area contributed by atoms with Gasteiger partial charge in [0.1, 0.15) is 0 Å². The van der Waals surface area contributed by atoms with Crippen molar-refractivity contribution in [2.45, 2.75) is 38.4 Å². The molecule has 252 valence electrons. The molecule has 0 saturated carbocycles. The molecule has 0 aliphatic carbocycles. The van der Waals surface area contributed by atoms with Gasteiger partial charge in [-0.25, -0.2) is 14.3 Å². The van der Waals surface area contributed by atoms with Gasteiger partial charge in [-0.15, -0.1) is 0 Å². The molecule has 48 heavy (non-hydrogen) atoms. The molecule has 0 radical (unpaired) electrons. The highest BCUT2D eigenvalue weighted by Gasteiger charge is 2.38. The quantitative estimate of drug-likeness (QED) is 0.186. The third-order valence-corrected chi connectivity index (χ3v) is 7.44. The summed E-state index contributed by atoms with van der Waals surface area (Å²) in [6, 6.07) is 15.8. The van der Waals surface area contributed by atoms with E-state index in [9.17, 15) is 27.6 Å². The molecule has 1 aliphatic heterocycles. The molecule has 0 unspecified atom stereocenters. The summed E-state index contributed by atoms with van der Waals surface area (Å²) in [6.07, 6.45) is 1.05. The fourth-order valence-corrected chi connectivity index (χ4v) is 4.89. The van der Waals surface area contributed by atoms with Gasteiger partial charge >= 0.3 is 18.2 Å². The Morgan fingerprint density at radius 3 is 2.54 bits per heavy atom. The van der Waals surface area contributed by atoms with Crippen LogP contribution in [-0.2, 0) is 14.3 Å². The molecule has 16 heteroatoms. The number of methoxy groups -OCH3 is 1. The molecule has 4 N–H and O–H groups in total. The Bertz CT molecular complexity index is 1810. The van der Waals surface area contributed by atoms with Crippen LogP contribution in [0.15, 0.2) is 73.2 Å². The van der Waals surface area contributed by atoms with Gasteiger partial charge in [-0.3, -0.25) is 19.9 Å². The smallest absolute Gasteiger partial charge is 0.475 e. The van der Waals surface area contributed by atoms with Crippen LogP contribution in [-0.4, -0.2) is 57.0 Å². The first-order chi connectivity index (χ1) is 22.7. The van der Waals surface area contributed by atoms with Gasteiger partial charge in [-0.05, 0) is 60.9 Å². The van der Waals surface area contributed by atoms with Crippen LogP contribution in [0.2, 0.25) is 5.02 Å². The standard InChI is InChI=1S/C30H29ClN6O4.C2HF3O2/c1-18-5-3-8-25(35-29(39)20-16-33-37(17-20)23-7-4-6-21(31)14-23)27-13-19(11-12-32-27)24-10-9-22(34-30(40)41-2)15-26(24)36-28(18)38;3-2(4,5)1(6)7/h4,6-7,9-18,25H,3,5,8H2,1-2H3,(H,34,40)(H,35,39)(H,36,38);(H,6,7)/t18-,25+;/m1./s1. The highest BCUT2D eigenvalue weighted by molar-refractivity contribution is 6.30. The van der Waals surface area contributed by atoms with Crippen LogP contribution in [0.3, 0.4) is 0 Å². The zero-order valence-electron chi connectivity index (χ0n) is 25.5. The Labute approximate surface area is 277 Å². The van der Waals surface area contributed by atoms with Crippen molar-refractivity contribution in [3.63, 3.8) is 0 Å². The van der Waals surface area contributed by atoms with Crippen LogP contribution >= 0.6 is 11.6 Å². The number of carbonyl (C=O) groups excluding carboxylic acids is 3. The molecule has 3 heterocycles. The molecule has 1 aliphatic rings. The van der Waals surface area contributed by atoms with Gasteiger partial charge in [-0.2, -0.15) is 18.3 Å². The SMILES string of the molecule is COC(=O)Nc1ccc2c(c1)NC(=O)[C@H](C)CCC[C@H](NC(=O)c1cnn(-c3cccc(Cl)c3)c1)c1cc-2ccn1.O=C(O)C(F)(F)F. The lowest BCUT2D eigenvalue weighted by Gasteiger charge is -2.22. The number of hydrogen-bond donors (Lipinski definition) is 4. The Kier molecular flexibility index (Phi) is 11.4. The zero-order valence-corrected chi connectivity index (χ0v) is 26.3. The number of fused-ring (bicyclic) bond motifs is 4. The van der Waals surface area contributed by atoms with E-state index in [1.165, 1.54) is 13.3 Å². The average Bonchev–Trinajstić information content (AvgIpc) is 3.55. The molecule has 0 fully saturated rings. The van der Waals surface area contributed by atoms with E-state index in [1.54, 1.807) is 41.3 Å². The number of ether oxygens (including phenoxy) is 1. The predicted molar refractivity (Wildman–Crippen MR) is 170 cm³/mol. The summed E-state index contributed by atoms with van der Waals surface area (Å²) < 4.78 is 38.0. The molecular formula is C32H30ClF3N6O6. The van der Waals surface area contributed by atoms with Crippen molar-refractivity contribution in [1.82, 2.24) is 20.1 Å². The average molecular weight is 687 g/mol. The zero-order chi connectivity index (χ0) is 35.0. The summed E-state index contributed by atoms with van der Waals surface area (Å²) in [7, 11) is 1.28. The van der Waals surface area contributed by atoms with E-state index in [2.05, 4.69) is 26.0 Å². The number of nitrogens with zero attached hydrogens (tertiary/aromatic N) is 3. The summed E-state index contributed by atoms with van der Waals surface area (Å²) in [5.74, 6) is -3.46. The van der Waals surface area contributed by atoms with E-state index in [0.29, 0.717) is 46.9 Å². The Morgan fingerprint density at radius 1 is 1.10 bits per heavy atom. The number of carbonyl (C=O) groups is 4. The molecule has 2 aromatic heterocycles. The van der Waals surface area contributed by atoms with Gasteiger partial charge in [0.15, 0.2) is 0 Å². The van der Waals surface area contributed by atoms with Crippen LogP contribution in [0.1, 0.15) is 48.3 Å². The van der Waals surface area contributed by atoms with Gasteiger partial charge in [0.2, 0.25) is 5.91 Å². The van der Waals surface area contributed by atoms with Crippen LogP contribution in [0, 0.1) is 5.92 Å². The molecule has 12 nitrogen and oxygen atoms in total. The minimum absolute atomic E-state index is 0.134. The first kappa shape index (κ1) is 35.4. The second-order valence-corrected chi connectivity index (χ2v) is 11.1. The van der Waals surface area contributed by atoms with Crippen molar-refractivity contribution >= 4 is 46.9 Å². The lowest BCUT2D eigenvalue weighted by atomic mass is 9.95. The maximum Gasteiger partial charge on any atom is 0.490 e. The van der Waals surface area contributed by atoms with E-state index in [1.807, 2.05) is 37.3 Å². The van der Waals surface area contributed by atoms with Gasteiger partial charge in [0.25, 0.3) is 5.91 Å². The van der Waals surface area contributed by atoms with Gasteiger partial charge in [0.05, 0.1) is 42.0 Å². The van der Waals surface area contributed by atoms with E-state index in [4.69, 9.17) is 26.2 Å². The van der Waals surface area contributed by atoms with E-state index in [-0.39, 0.29) is 17.7 Å². The predicted octanol–water partition coefficient (Wildman–Crippen LogP) is 6.63. The number of benzene rings is 2. The summed E-state index contributed by atoms with van der Waals surface area (Å²) in [4.78, 5) is 51.6. The van der Waals surface area contributed by atoms with Gasteiger partial charge in [-0.1, -0.05) is 37.1 Å².